The molecule has 0 spiro atoms. The molecule has 25 heavy (non-hydrogen) atoms. The number of carbonyl (C=O) groups excluding carboxylic acids is 1. The quantitative estimate of drug-likeness (QED) is 0.661. The second-order valence-corrected chi connectivity index (χ2v) is 7.68. The molecule has 0 atom stereocenters. The predicted octanol–water partition coefficient (Wildman–Crippen LogP) is 4.44. The monoisotopic (exact) mass is 417 g/mol. The van der Waals surface area contributed by atoms with Crippen molar-refractivity contribution in [3.8, 4) is 10.6 Å². The van der Waals surface area contributed by atoms with Crippen molar-refractivity contribution in [2.24, 2.45) is 0 Å². The van der Waals surface area contributed by atoms with Crippen molar-refractivity contribution in [3.05, 3.63) is 67.0 Å². The van der Waals surface area contributed by atoms with E-state index < -0.39 is 0 Å². The van der Waals surface area contributed by atoms with Gasteiger partial charge in [0, 0.05) is 16.2 Å². The summed E-state index contributed by atoms with van der Waals surface area (Å²) in [6, 6.07) is 7.70. The Balaban J connectivity index is 1.93. The normalized spacial score (nSPS) is 10.7. The van der Waals surface area contributed by atoms with Crippen LogP contribution in [-0.4, -0.2) is 15.9 Å². The number of rotatable bonds is 3. The van der Waals surface area contributed by atoms with E-state index in [0.29, 0.717) is 15.0 Å². The van der Waals surface area contributed by atoms with E-state index in [-0.39, 0.29) is 17.2 Å². The molecule has 5 nitrogen and oxygen atoms in total. The van der Waals surface area contributed by atoms with Gasteiger partial charge in [-0.3, -0.25) is 9.59 Å². The molecular weight excluding hydrogens is 402 g/mol. The number of carbonyl (C=O) groups is 1. The van der Waals surface area contributed by atoms with Crippen molar-refractivity contribution < 1.29 is 4.79 Å². The lowest BCUT2D eigenvalue weighted by Crippen LogP contribution is -2.19. The molecule has 0 aliphatic carbocycles. The number of anilines is 1. The van der Waals surface area contributed by atoms with Gasteiger partial charge in [-0.15, -0.1) is 11.3 Å². The average Bonchev–Trinajstić information content (AvgIpc) is 2.92. The van der Waals surface area contributed by atoms with Gasteiger partial charge in [0.2, 0.25) is 0 Å². The number of thiazole rings is 1. The van der Waals surface area contributed by atoms with Crippen LogP contribution in [0.3, 0.4) is 0 Å². The van der Waals surface area contributed by atoms with Gasteiger partial charge in [-0.1, -0.05) is 23.8 Å². The zero-order valence-corrected chi connectivity index (χ0v) is 16.3. The van der Waals surface area contributed by atoms with Gasteiger partial charge in [-0.05, 0) is 48.3 Å². The summed E-state index contributed by atoms with van der Waals surface area (Å²) >= 11 is 4.60. The van der Waals surface area contributed by atoms with Crippen molar-refractivity contribution in [1.29, 1.82) is 0 Å². The van der Waals surface area contributed by atoms with Crippen LogP contribution in [0.5, 0.6) is 0 Å². The third-order valence-electron chi connectivity index (χ3n) is 3.73. The summed E-state index contributed by atoms with van der Waals surface area (Å²) in [5.41, 5.74) is 3.79. The Labute approximate surface area is 157 Å². The van der Waals surface area contributed by atoms with E-state index in [1.165, 1.54) is 23.1 Å². The number of pyridine rings is 1. The second-order valence-electron chi connectivity index (χ2n) is 5.77. The number of hydrogen-bond acceptors (Lipinski definition) is 4. The number of hydrogen-bond donors (Lipinski definition) is 2. The average molecular weight is 418 g/mol. The Morgan fingerprint density at radius 2 is 2.00 bits per heavy atom. The van der Waals surface area contributed by atoms with Gasteiger partial charge < -0.3 is 10.3 Å². The zero-order chi connectivity index (χ0) is 18.1. The molecule has 0 unspecified atom stereocenters. The van der Waals surface area contributed by atoms with Gasteiger partial charge in [0.05, 0.1) is 5.69 Å². The highest BCUT2D eigenvalue weighted by Crippen LogP contribution is 2.31. The van der Waals surface area contributed by atoms with Crippen LogP contribution < -0.4 is 10.9 Å². The molecule has 1 aromatic carbocycles. The number of nitrogens with zero attached hydrogens (tertiary/aromatic N) is 1. The molecule has 1 amide bonds. The van der Waals surface area contributed by atoms with Gasteiger partial charge in [0.15, 0.2) is 0 Å². The van der Waals surface area contributed by atoms with Crippen molar-refractivity contribution in [3.63, 3.8) is 0 Å². The topological polar surface area (TPSA) is 74.8 Å². The Morgan fingerprint density at radius 1 is 1.24 bits per heavy atom. The van der Waals surface area contributed by atoms with Crippen molar-refractivity contribution in [1.82, 2.24) is 9.97 Å². The Morgan fingerprint density at radius 3 is 2.72 bits per heavy atom. The largest absolute Gasteiger partial charge is 0.326 e. The van der Waals surface area contributed by atoms with E-state index in [2.05, 4.69) is 37.3 Å². The summed E-state index contributed by atoms with van der Waals surface area (Å²) in [7, 11) is 0. The first-order valence-corrected chi connectivity index (χ1v) is 9.20. The smallest absolute Gasteiger partial charge is 0.271 e. The molecule has 128 valence electrons. The summed E-state index contributed by atoms with van der Waals surface area (Å²) in [5.74, 6) is -0.338. The van der Waals surface area contributed by atoms with Crippen LogP contribution in [0.1, 0.15) is 26.5 Å². The van der Waals surface area contributed by atoms with E-state index in [9.17, 15) is 9.59 Å². The van der Waals surface area contributed by atoms with Crippen LogP contribution in [0.15, 0.2) is 39.7 Å². The number of nitrogens with one attached hydrogen (secondary N) is 2. The van der Waals surface area contributed by atoms with Crippen LogP contribution in [0.25, 0.3) is 10.6 Å². The first kappa shape index (κ1) is 17.6. The molecule has 0 radical (unpaired) electrons. The Kier molecular flexibility index (Phi) is 4.87. The van der Waals surface area contributed by atoms with Crippen LogP contribution in [0.2, 0.25) is 0 Å². The predicted molar refractivity (Wildman–Crippen MR) is 104 cm³/mol. The number of aryl methyl sites for hydroxylation is 3. The summed E-state index contributed by atoms with van der Waals surface area (Å²) in [5, 5.41) is 3.45. The number of benzene rings is 1. The lowest BCUT2D eigenvalue weighted by atomic mass is 10.1. The molecule has 7 heteroatoms. The molecule has 0 aliphatic rings. The Hall–Kier alpha value is -2.25. The minimum absolute atomic E-state index is 0.195. The minimum Gasteiger partial charge on any atom is -0.326 e. The third-order valence-corrected chi connectivity index (χ3v) is 5.38. The van der Waals surface area contributed by atoms with Crippen molar-refractivity contribution >= 4 is 38.9 Å². The first-order chi connectivity index (χ1) is 11.8. The summed E-state index contributed by atoms with van der Waals surface area (Å²) in [6.45, 7) is 5.86. The third kappa shape index (κ3) is 3.72. The zero-order valence-electron chi connectivity index (χ0n) is 13.9. The van der Waals surface area contributed by atoms with Crippen LogP contribution in [0, 0.1) is 20.8 Å². The summed E-state index contributed by atoms with van der Waals surface area (Å²) in [6.07, 6.45) is 1.52. The minimum atomic E-state index is -0.353. The molecule has 0 saturated heterocycles. The maximum atomic E-state index is 12.6. The fourth-order valence-corrected chi connectivity index (χ4v) is 3.90. The molecule has 0 saturated carbocycles. The molecule has 3 rings (SSSR count). The second kappa shape index (κ2) is 6.93. The number of aromatic nitrogens is 2. The molecule has 2 heterocycles. The van der Waals surface area contributed by atoms with Crippen molar-refractivity contribution in [2.45, 2.75) is 20.8 Å². The lowest BCUT2D eigenvalue weighted by molar-refractivity contribution is 0.102. The van der Waals surface area contributed by atoms with Crippen LogP contribution in [0.4, 0.5) is 5.69 Å². The summed E-state index contributed by atoms with van der Waals surface area (Å²) in [4.78, 5) is 32.0. The van der Waals surface area contributed by atoms with E-state index in [0.717, 1.165) is 16.1 Å². The van der Waals surface area contributed by atoms with Gasteiger partial charge in [0.1, 0.15) is 15.6 Å². The standard InChI is InChI=1S/C18H16BrN3O2S/c1-9-4-5-13(10(2)6-9)18-21-11(3)15(25-18)17(24)22-14-7-12(19)8-20-16(14)23/h4-8H,1-3H3,(H,20,23)(H,22,24). The highest BCUT2D eigenvalue weighted by Gasteiger charge is 2.18. The SMILES string of the molecule is Cc1ccc(-c2nc(C)c(C(=O)Nc3cc(Br)c[nH]c3=O)s2)c(C)c1. The van der Waals surface area contributed by atoms with Crippen LogP contribution in [-0.2, 0) is 0 Å². The molecule has 0 bridgehead atoms. The Bertz CT molecular complexity index is 1020. The molecule has 0 fully saturated rings. The van der Waals surface area contributed by atoms with E-state index >= 15 is 0 Å². The van der Waals surface area contributed by atoms with Crippen molar-refractivity contribution in [2.75, 3.05) is 5.32 Å². The van der Waals surface area contributed by atoms with E-state index in [1.807, 2.05) is 26.0 Å². The fraction of sp³-hybridized carbons (Fsp3) is 0.167. The molecule has 3 aromatic rings. The van der Waals surface area contributed by atoms with Gasteiger partial charge in [-0.25, -0.2) is 4.98 Å². The number of H-pyrrole nitrogens is 1. The maximum Gasteiger partial charge on any atom is 0.271 e. The maximum absolute atomic E-state index is 12.6. The van der Waals surface area contributed by atoms with Gasteiger partial charge in [0.25, 0.3) is 11.5 Å². The highest BCUT2D eigenvalue weighted by atomic mass is 79.9. The molecular formula is C18H16BrN3O2S. The van der Waals surface area contributed by atoms with E-state index in [1.54, 1.807) is 13.0 Å². The molecule has 2 N–H and O–H groups in total. The highest BCUT2D eigenvalue weighted by molar-refractivity contribution is 9.10. The molecule has 0 aliphatic heterocycles. The van der Waals surface area contributed by atoms with E-state index in [4.69, 9.17) is 0 Å². The number of aromatic amines is 1. The lowest BCUT2D eigenvalue weighted by Gasteiger charge is -2.04. The first-order valence-electron chi connectivity index (χ1n) is 7.60. The van der Waals surface area contributed by atoms with Crippen LogP contribution >= 0.6 is 27.3 Å². The molecule has 2 aromatic heterocycles. The number of halogens is 1. The summed E-state index contributed by atoms with van der Waals surface area (Å²) < 4.78 is 0.680. The van der Waals surface area contributed by atoms with Gasteiger partial charge in [-0.2, -0.15) is 0 Å². The number of amides is 1. The fourth-order valence-electron chi connectivity index (χ4n) is 2.51. The van der Waals surface area contributed by atoms with Gasteiger partial charge >= 0.3 is 0 Å².